The van der Waals surface area contributed by atoms with Crippen molar-refractivity contribution in [3.63, 3.8) is 0 Å². The van der Waals surface area contributed by atoms with E-state index in [0.717, 1.165) is 42.6 Å². The number of piperidine rings is 1. The summed E-state index contributed by atoms with van der Waals surface area (Å²) in [6.07, 6.45) is 8.12. The molecule has 5 aromatic rings. The van der Waals surface area contributed by atoms with Gasteiger partial charge in [0.15, 0.2) is 11.4 Å². The zero-order chi connectivity index (χ0) is 26.1. The zero-order valence-corrected chi connectivity index (χ0v) is 21.3. The van der Waals surface area contributed by atoms with Crippen molar-refractivity contribution in [2.24, 2.45) is 0 Å². The molecule has 0 aliphatic carbocycles. The Morgan fingerprint density at radius 2 is 1.87 bits per heavy atom. The second-order valence-electron chi connectivity index (χ2n) is 9.20. The van der Waals surface area contributed by atoms with E-state index in [1.54, 1.807) is 30.2 Å². The first-order chi connectivity index (χ1) is 18.6. The summed E-state index contributed by atoms with van der Waals surface area (Å²) in [5.74, 6) is 2.68. The maximum atomic E-state index is 6.48. The van der Waals surface area contributed by atoms with Gasteiger partial charge >= 0.3 is 0 Å². The van der Waals surface area contributed by atoms with Gasteiger partial charge in [0.05, 0.1) is 24.2 Å². The standard InChI is InChI=1S/C26H27N9O3/c1-16-10-17(4-5-20(16)38-22-11-21-29-14-32-35(21)15-31-22)33-25-23-19(28-13-30-25)12-27-26(36-3)24(23)37-18-6-8-34(2)9-7-18/h4-5,10-15,18H,6-9H2,1-3H3,(H,28,30,33). The van der Waals surface area contributed by atoms with Crippen molar-refractivity contribution in [3.05, 3.63) is 55.0 Å². The van der Waals surface area contributed by atoms with E-state index in [9.17, 15) is 0 Å². The third-order valence-corrected chi connectivity index (χ3v) is 6.55. The fourth-order valence-corrected chi connectivity index (χ4v) is 4.48. The summed E-state index contributed by atoms with van der Waals surface area (Å²) < 4.78 is 19.6. The molecule has 12 heteroatoms. The number of pyridine rings is 1. The highest BCUT2D eigenvalue weighted by molar-refractivity contribution is 5.96. The third kappa shape index (κ3) is 4.73. The number of methoxy groups -OCH3 is 1. The Kier molecular flexibility index (Phi) is 6.30. The quantitative estimate of drug-likeness (QED) is 0.342. The van der Waals surface area contributed by atoms with Gasteiger partial charge in [-0.1, -0.05) is 0 Å². The molecular weight excluding hydrogens is 486 g/mol. The monoisotopic (exact) mass is 513 g/mol. The van der Waals surface area contributed by atoms with Crippen LogP contribution in [0.4, 0.5) is 11.5 Å². The number of aryl methyl sites for hydroxylation is 1. The highest BCUT2D eigenvalue weighted by Crippen LogP contribution is 2.39. The molecule has 0 atom stereocenters. The highest BCUT2D eigenvalue weighted by atomic mass is 16.5. The minimum Gasteiger partial charge on any atom is -0.484 e. The molecule has 6 rings (SSSR count). The van der Waals surface area contributed by atoms with Gasteiger partial charge in [-0.3, -0.25) is 0 Å². The molecule has 1 aliphatic rings. The Labute approximate surface area is 218 Å². The van der Waals surface area contributed by atoms with Crippen LogP contribution in [-0.4, -0.2) is 72.8 Å². The second kappa shape index (κ2) is 10.1. The Bertz CT molecular complexity index is 1600. The molecule has 1 saturated heterocycles. The molecule has 1 N–H and O–H groups in total. The van der Waals surface area contributed by atoms with E-state index in [-0.39, 0.29) is 6.10 Å². The maximum absolute atomic E-state index is 6.48. The van der Waals surface area contributed by atoms with Gasteiger partial charge in [0.2, 0.25) is 5.88 Å². The average molecular weight is 514 g/mol. The van der Waals surface area contributed by atoms with Gasteiger partial charge in [0, 0.05) is 24.8 Å². The van der Waals surface area contributed by atoms with Crippen molar-refractivity contribution in [1.29, 1.82) is 0 Å². The molecule has 0 spiro atoms. The summed E-state index contributed by atoms with van der Waals surface area (Å²) >= 11 is 0. The van der Waals surface area contributed by atoms with Gasteiger partial charge in [-0.05, 0) is 50.6 Å². The van der Waals surface area contributed by atoms with Gasteiger partial charge in [0.1, 0.15) is 36.7 Å². The smallest absolute Gasteiger partial charge is 0.257 e. The first kappa shape index (κ1) is 23.8. The van der Waals surface area contributed by atoms with Crippen molar-refractivity contribution in [2.45, 2.75) is 25.9 Å². The molecule has 0 unspecified atom stereocenters. The number of nitrogens with one attached hydrogen (secondary N) is 1. The van der Waals surface area contributed by atoms with Crippen LogP contribution in [0.2, 0.25) is 0 Å². The van der Waals surface area contributed by atoms with Crippen molar-refractivity contribution >= 4 is 28.1 Å². The average Bonchev–Trinajstić information content (AvgIpc) is 3.40. The maximum Gasteiger partial charge on any atom is 0.257 e. The molecule has 4 aromatic heterocycles. The van der Waals surface area contributed by atoms with Crippen molar-refractivity contribution in [1.82, 2.24) is 39.4 Å². The van der Waals surface area contributed by atoms with E-state index in [0.29, 0.717) is 40.2 Å². The predicted molar refractivity (Wildman–Crippen MR) is 140 cm³/mol. The number of benzene rings is 1. The van der Waals surface area contributed by atoms with Gasteiger partial charge in [-0.15, -0.1) is 0 Å². The molecule has 1 fully saturated rings. The lowest BCUT2D eigenvalue weighted by atomic mass is 10.1. The minimum absolute atomic E-state index is 0.0600. The lowest BCUT2D eigenvalue weighted by Crippen LogP contribution is -2.35. The van der Waals surface area contributed by atoms with Crippen LogP contribution in [0, 0.1) is 6.92 Å². The number of aromatic nitrogens is 7. The van der Waals surface area contributed by atoms with Crippen LogP contribution >= 0.6 is 0 Å². The highest BCUT2D eigenvalue weighted by Gasteiger charge is 2.24. The summed E-state index contributed by atoms with van der Waals surface area (Å²) in [6.45, 7) is 3.92. The molecule has 1 aliphatic heterocycles. The summed E-state index contributed by atoms with van der Waals surface area (Å²) in [5.41, 5.74) is 3.07. The van der Waals surface area contributed by atoms with Crippen LogP contribution in [0.3, 0.4) is 0 Å². The summed E-state index contributed by atoms with van der Waals surface area (Å²) in [5, 5.41) is 8.20. The molecule has 0 radical (unpaired) electrons. The number of hydrogen-bond acceptors (Lipinski definition) is 11. The molecule has 0 saturated carbocycles. The fourth-order valence-electron chi connectivity index (χ4n) is 4.48. The number of anilines is 2. The van der Waals surface area contributed by atoms with E-state index in [4.69, 9.17) is 14.2 Å². The first-order valence-electron chi connectivity index (χ1n) is 12.3. The summed E-state index contributed by atoms with van der Waals surface area (Å²) in [6, 6.07) is 7.52. The van der Waals surface area contributed by atoms with Gasteiger partial charge in [-0.25, -0.2) is 29.4 Å². The summed E-state index contributed by atoms with van der Waals surface area (Å²) in [4.78, 5) is 24.2. The van der Waals surface area contributed by atoms with Crippen LogP contribution in [0.5, 0.6) is 23.3 Å². The molecule has 5 heterocycles. The van der Waals surface area contributed by atoms with E-state index in [2.05, 4.69) is 47.3 Å². The van der Waals surface area contributed by atoms with E-state index in [1.165, 1.54) is 12.7 Å². The number of fused-ring (bicyclic) bond motifs is 2. The van der Waals surface area contributed by atoms with Gasteiger partial charge in [0.25, 0.3) is 5.88 Å². The van der Waals surface area contributed by atoms with E-state index in [1.807, 2.05) is 25.1 Å². The Morgan fingerprint density at radius 1 is 1.00 bits per heavy atom. The molecule has 1 aromatic carbocycles. The molecular formula is C26H27N9O3. The predicted octanol–water partition coefficient (Wildman–Crippen LogP) is 3.79. The molecule has 12 nitrogen and oxygen atoms in total. The van der Waals surface area contributed by atoms with Crippen molar-refractivity contribution < 1.29 is 14.2 Å². The third-order valence-electron chi connectivity index (χ3n) is 6.55. The zero-order valence-electron chi connectivity index (χ0n) is 21.3. The van der Waals surface area contributed by atoms with Crippen LogP contribution in [0.15, 0.2) is 49.4 Å². The molecule has 0 bridgehead atoms. The van der Waals surface area contributed by atoms with Crippen LogP contribution < -0.4 is 19.5 Å². The largest absolute Gasteiger partial charge is 0.484 e. The normalized spacial score (nSPS) is 14.6. The topological polar surface area (TPSA) is 125 Å². The van der Waals surface area contributed by atoms with Crippen LogP contribution in [0.1, 0.15) is 18.4 Å². The van der Waals surface area contributed by atoms with Gasteiger partial charge < -0.3 is 24.4 Å². The lowest BCUT2D eigenvalue weighted by molar-refractivity contribution is 0.112. The van der Waals surface area contributed by atoms with Crippen LogP contribution in [-0.2, 0) is 0 Å². The second-order valence-corrected chi connectivity index (χ2v) is 9.20. The van der Waals surface area contributed by atoms with Crippen molar-refractivity contribution in [2.75, 3.05) is 32.6 Å². The molecule has 38 heavy (non-hydrogen) atoms. The summed E-state index contributed by atoms with van der Waals surface area (Å²) in [7, 11) is 3.71. The van der Waals surface area contributed by atoms with E-state index < -0.39 is 0 Å². The number of nitrogens with zero attached hydrogens (tertiary/aromatic N) is 8. The Hall–Kier alpha value is -4.58. The minimum atomic E-state index is 0.0600. The number of ether oxygens (including phenoxy) is 3. The Balaban J connectivity index is 1.29. The van der Waals surface area contributed by atoms with Crippen LogP contribution in [0.25, 0.3) is 16.6 Å². The number of likely N-dealkylation sites (tertiary alicyclic amines) is 1. The SMILES string of the molecule is COc1ncc2ncnc(Nc3ccc(Oc4cc5ncnn5cn4)c(C)c3)c2c1OC1CCN(C)CC1. The first-order valence-corrected chi connectivity index (χ1v) is 12.3. The van der Waals surface area contributed by atoms with Crippen molar-refractivity contribution in [3.8, 4) is 23.3 Å². The lowest BCUT2D eigenvalue weighted by Gasteiger charge is -2.30. The molecule has 194 valence electrons. The fraction of sp³-hybridized carbons (Fsp3) is 0.308. The Morgan fingerprint density at radius 3 is 2.68 bits per heavy atom. The molecule has 0 amide bonds. The van der Waals surface area contributed by atoms with Gasteiger partial charge in [-0.2, -0.15) is 5.10 Å². The van der Waals surface area contributed by atoms with E-state index >= 15 is 0 Å². The number of rotatable bonds is 7. The number of hydrogen-bond donors (Lipinski definition) is 1.